The van der Waals surface area contributed by atoms with E-state index >= 15 is 0 Å². The van der Waals surface area contributed by atoms with Gasteiger partial charge < -0.3 is 20.4 Å². The predicted molar refractivity (Wildman–Crippen MR) is 64.3 cm³/mol. The molecule has 0 aliphatic heterocycles. The molecule has 21 heavy (non-hydrogen) atoms. The second-order valence-corrected chi connectivity index (χ2v) is 5.18. The molecule has 5 N–H and O–H groups in total. The molecule has 0 saturated carbocycles. The first kappa shape index (κ1) is 21.1. The van der Waals surface area contributed by atoms with Gasteiger partial charge in [-0.2, -0.15) is 8.42 Å². The standard InChI is InChI=1S/C5H8O4.C4H6O7S/c6-4(7)2-1-3-5(8)9;5-3(6)1-2(4(7)8)12(9,10)11/h1-3H2,(H,6,7)(H,8,9);2H,1H2,(H,5,6)(H,7,8)(H,9,10,11). The molecule has 0 spiro atoms. The molecule has 1 unspecified atom stereocenters. The van der Waals surface area contributed by atoms with Crippen molar-refractivity contribution in [1.29, 1.82) is 0 Å². The lowest BCUT2D eigenvalue weighted by Gasteiger charge is -2.04. The summed E-state index contributed by atoms with van der Waals surface area (Å²) in [5, 5.41) is 30.0. The molecule has 0 saturated heterocycles. The molecule has 0 radical (unpaired) electrons. The Morgan fingerprint density at radius 2 is 1.19 bits per heavy atom. The SMILES string of the molecule is O=C(O)CC(C(=O)O)S(=O)(=O)O.O=C(O)CCCC(=O)O. The highest BCUT2D eigenvalue weighted by molar-refractivity contribution is 7.87. The monoisotopic (exact) mass is 330 g/mol. The molecule has 1 atom stereocenters. The molecule has 0 aromatic carbocycles. The Hall–Kier alpha value is -2.21. The zero-order valence-electron chi connectivity index (χ0n) is 10.5. The first-order valence-corrected chi connectivity index (χ1v) is 6.72. The van der Waals surface area contributed by atoms with E-state index in [9.17, 15) is 27.6 Å². The fraction of sp³-hybridized carbons (Fsp3) is 0.556. The van der Waals surface area contributed by atoms with Crippen LogP contribution in [0, 0.1) is 0 Å². The molecule has 0 amide bonds. The number of hydrogen-bond donors (Lipinski definition) is 5. The van der Waals surface area contributed by atoms with Crippen molar-refractivity contribution in [1.82, 2.24) is 0 Å². The van der Waals surface area contributed by atoms with Crippen LogP contribution in [-0.2, 0) is 29.3 Å². The van der Waals surface area contributed by atoms with Crippen LogP contribution < -0.4 is 0 Å². The molecule has 11 nitrogen and oxygen atoms in total. The zero-order valence-corrected chi connectivity index (χ0v) is 11.3. The molecule has 0 heterocycles. The van der Waals surface area contributed by atoms with Gasteiger partial charge in [0.15, 0.2) is 5.25 Å². The van der Waals surface area contributed by atoms with Crippen molar-refractivity contribution in [3.63, 3.8) is 0 Å². The van der Waals surface area contributed by atoms with Crippen molar-refractivity contribution in [2.45, 2.75) is 30.9 Å². The second kappa shape index (κ2) is 9.66. The van der Waals surface area contributed by atoms with Gasteiger partial charge in [0, 0.05) is 12.8 Å². The van der Waals surface area contributed by atoms with Crippen molar-refractivity contribution < 1.29 is 52.6 Å². The summed E-state index contributed by atoms with van der Waals surface area (Å²) < 4.78 is 28.7. The van der Waals surface area contributed by atoms with Gasteiger partial charge in [-0.15, -0.1) is 0 Å². The van der Waals surface area contributed by atoms with E-state index in [4.69, 9.17) is 25.0 Å². The van der Waals surface area contributed by atoms with Crippen molar-refractivity contribution in [3.8, 4) is 0 Å². The third-order valence-electron chi connectivity index (χ3n) is 1.78. The Morgan fingerprint density at radius 3 is 1.33 bits per heavy atom. The quantitative estimate of drug-likeness (QED) is 0.346. The summed E-state index contributed by atoms with van der Waals surface area (Å²) in [6.07, 6.45) is -1.07. The van der Waals surface area contributed by atoms with Gasteiger partial charge in [-0.1, -0.05) is 0 Å². The first-order chi connectivity index (χ1) is 9.37. The minimum atomic E-state index is -4.84. The molecule has 0 aromatic rings. The number of rotatable bonds is 8. The predicted octanol–water partition coefficient (Wildman–Crippen LogP) is -0.872. The average Bonchev–Trinajstić information content (AvgIpc) is 2.23. The maximum Gasteiger partial charge on any atom is 0.325 e. The van der Waals surface area contributed by atoms with Gasteiger partial charge >= 0.3 is 23.9 Å². The van der Waals surface area contributed by atoms with E-state index in [-0.39, 0.29) is 19.3 Å². The highest BCUT2D eigenvalue weighted by Crippen LogP contribution is 2.04. The van der Waals surface area contributed by atoms with E-state index in [1.54, 1.807) is 0 Å². The maximum atomic E-state index is 10.2. The summed E-state index contributed by atoms with van der Waals surface area (Å²) in [7, 11) is -4.84. The van der Waals surface area contributed by atoms with Crippen molar-refractivity contribution >= 4 is 34.0 Å². The Labute approximate surface area is 118 Å². The zero-order chi connectivity index (χ0) is 17.2. The van der Waals surface area contributed by atoms with Crippen LogP contribution in [0.25, 0.3) is 0 Å². The molecule has 12 heteroatoms. The van der Waals surface area contributed by atoms with Gasteiger partial charge in [0.2, 0.25) is 0 Å². The van der Waals surface area contributed by atoms with Crippen LogP contribution in [0.5, 0.6) is 0 Å². The number of aliphatic carboxylic acids is 4. The largest absolute Gasteiger partial charge is 0.481 e. The minimum Gasteiger partial charge on any atom is -0.481 e. The van der Waals surface area contributed by atoms with Gasteiger partial charge in [0.25, 0.3) is 10.1 Å². The highest BCUT2D eigenvalue weighted by Gasteiger charge is 2.33. The smallest absolute Gasteiger partial charge is 0.325 e. The van der Waals surface area contributed by atoms with E-state index in [1.165, 1.54) is 0 Å². The second-order valence-electron chi connectivity index (χ2n) is 3.58. The molecule has 0 aliphatic rings. The normalized spacial score (nSPS) is 11.7. The number of hydrogen-bond acceptors (Lipinski definition) is 6. The van der Waals surface area contributed by atoms with Gasteiger partial charge in [-0.3, -0.25) is 23.7 Å². The molecule has 122 valence electrons. The summed E-state index contributed by atoms with van der Waals surface area (Å²) in [5.41, 5.74) is 0. The Kier molecular flexibility index (Phi) is 9.70. The average molecular weight is 330 g/mol. The molecule has 0 bridgehead atoms. The third-order valence-corrected chi connectivity index (χ3v) is 2.86. The van der Waals surface area contributed by atoms with E-state index in [0.29, 0.717) is 0 Å². The third kappa shape index (κ3) is 14.0. The van der Waals surface area contributed by atoms with Crippen LogP contribution in [0.4, 0.5) is 0 Å². The van der Waals surface area contributed by atoms with Crippen LogP contribution in [0.2, 0.25) is 0 Å². The van der Waals surface area contributed by atoms with Gasteiger partial charge in [-0.25, -0.2) is 0 Å². The number of carboxylic acids is 4. The summed E-state index contributed by atoms with van der Waals surface area (Å²) in [6.45, 7) is 0. The van der Waals surface area contributed by atoms with Crippen molar-refractivity contribution in [2.75, 3.05) is 0 Å². The van der Waals surface area contributed by atoms with E-state index in [2.05, 4.69) is 0 Å². The van der Waals surface area contributed by atoms with E-state index in [0.717, 1.165) is 0 Å². The summed E-state index contributed by atoms with van der Waals surface area (Å²) in [4.78, 5) is 39.6. The Morgan fingerprint density at radius 1 is 0.810 bits per heavy atom. The lowest BCUT2D eigenvalue weighted by atomic mass is 10.2. The van der Waals surface area contributed by atoms with Crippen LogP contribution in [-0.4, -0.2) is 62.5 Å². The first-order valence-electron chi connectivity index (χ1n) is 5.22. The van der Waals surface area contributed by atoms with Gasteiger partial charge in [-0.05, 0) is 6.42 Å². The number of carboxylic acid groups (broad SMARTS) is 4. The van der Waals surface area contributed by atoms with Crippen molar-refractivity contribution in [3.05, 3.63) is 0 Å². The summed E-state index contributed by atoms with van der Waals surface area (Å²) in [6, 6.07) is 0. The molecule has 0 fully saturated rings. The molecule has 0 aliphatic carbocycles. The maximum absolute atomic E-state index is 10.2. The van der Waals surface area contributed by atoms with E-state index in [1.807, 2.05) is 0 Å². The fourth-order valence-electron chi connectivity index (χ4n) is 0.869. The molecule has 0 aromatic heterocycles. The fourth-order valence-corrected chi connectivity index (χ4v) is 1.48. The lowest BCUT2D eigenvalue weighted by molar-refractivity contribution is -0.143. The molecule has 0 rings (SSSR count). The lowest BCUT2D eigenvalue weighted by Crippen LogP contribution is -2.31. The Bertz CT molecular complexity index is 478. The molecular weight excluding hydrogens is 316 g/mol. The number of carbonyl (C=O) groups is 4. The van der Waals surface area contributed by atoms with Crippen LogP contribution >= 0.6 is 0 Å². The minimum absolute atomic E-state index is 0.0632. The van der Waals surface area contributed by atoms with Crippen LogP contribution in [0.1, 0.15) is 25.7 Å². The van der Waals surface area contributed by atoms with E-state index < -0.39 is 45.7 Å². The van der Waals surface area contributed by atoms with Crippen LogP contribution in [0.3, 0.4) is 0 Å². The van der Waals surface area contributed by atoms with Gasteiger partial charge in [0.1, 0.15) is 0 Å². The van der Waals surface area contributed by atoms with Crippen molar-refractivity contribution in [2.24, 2.45) is 0 Å². The Balaban J connectivity index is 0. The van der Waals surface area contributed by atoms with Crippen LogP contribution in [0.15, 0.2) is 0 Å². The topological polar surface area (TPSA) is 204 Å². The van der Waals surface area contributed by atoms with Gasteiger partial charge in [0.05, 0.1) is 6.42 Å². The summed E-state index contributed by atoms with van der Waals surface area (Å²) in [5.74, 6) is -5.40. The highest BCUT2D eigenvalue weighted by atomic mass is 32.2. The summed E-state index contributed by atoms with van der Waals surface area (Å²) >= 11 is 0. The molecular formula is C9H14O11S.